The second kappa shape index (κ2) is 7.32. The quantitative estimate of drug-likeness (QED) is 0.756. The number of amides is 1. The normalized spacial score (nSPS) is 16.1. The topological polar surface area (TPSA) is 36.4 Å². The number of halogens is 4. The second-order valence-electron chi connectivity index (χ2n) is 6.10. The number of thiazole rings is 1. The largest absolute Gasteiger partial charge is 0.401 e. The fourth-order valence-corrected chi connectivity index (χ4v) is 3.91. The average molecular weight is 387 g/mol. The first-order chi connectivity index (χ1) is 12.2. The van der Waals surface area contributed by atoms with Crippen molar-refractivity contribution < 1.29 is 22.4 Å². The number of piperazine rings is 1. The summed E-state index contributed by atoms with van der Waals surface area (Å²) in [7, 11) is 0. The fourth-order valence-electron chi connectivity index (χ4n) is 2.85. The van der Waals surface area contributed by atoms with Gasteiger partial charge in [-0.2, -0.15) is 13.2 Å². The number of benzene rings is 1. The average Bonchev–Trinajstić information content (AvgIpc) is 2.95. The summed E-state index contributed by atoms with van der Waals surface area (Å²) in [6.07, 6.45) is -4.24. The lowest BCUT2D eigenvalue weighted by molar-refractivity contribution is -0.148. The van der Waals surface area contributed by atoms with Crippen LogP contribution in [0.1, 0.15) is 15.4 Å². The molecular formula is C17H17F4N3OS. The Balaban J connectivity index is 1.71. The molecule has 1 aliphatic heterocycles. The third kappa shape index (κ3) is 4.21. The molecular weight excluding hydrogens is 370 g/mol. The molecule has 1 saturated heterocycles. The molecule has 0 bridgehead atoms. The lowest BCUT2D eigenvalue weighted by Crippen LogP contribution is -2.50. The van der Waals surface area contributed by atoms with Gasteiger partial charge in [0.25, 0.3) is 5.91 Å². The summed E-state index contributed by atoms with van der Waals surface area (Å²) in [5, 5.41) is 0.416. The highest BCUT2D eigenvalue weighted by molar-refractivity contribution is 7.17. The molecule has 1 aliphatic rings. The van der Waals surface area contributed by atoms with Gasteiger partial charge >= 0.3 is 6.18 Å². The molecule has 26 heavy (non-hydrogen) atoms. The van der Waals surface area contributed by atoms with Crippen LogP contribution in [0.2, 0.25) is 0 Å². The predicted octanol–water partition coefficient (Wildman–Crippen LogP) is 3.58. The van der Waals surface area contributed by atoms with Gasteiger partial charge in [0.2, 0.25) is 0 Å². The molecule has 1 fully saturated rings. The number of hydrogen-bond donors (Lipinski definition) is 0. The zero-order valence-corrected chi connectivity index (χ0v) is 14.8. The van der Waals surface area contributed by atoms with E-state index in [1.807, 2.05) is 0 Å². The summed E-state index contributed by atoms with van der Waals surface area (Å²) in [6, 6.07) is 6.19. The minimum absolute atomic E-state index is 0.170. The number of carbonyl (C=O) groups excluding carboxylic acids is 1. The zero-order valence-electron chi connectivity index (χ0n) is 14.0. The van der Waals surface area contributed by atoms with Crippen molar-refractivity contribution in [2.24, 2.45) is 0 Å². The molecule has 0 aliphatic carbocycles. The standard InChI is InChI=1S/C17H17F4N3OS/c1-11-14(26-15(22-11)12-4-2-3-5-13(12)18)16(25)24-8-6-23(7-9-24)10-17(19,20)21/h2-5H,6-10H2,1H3. The van der Waals surface area contributed by atoms with Crippen LogP contribution in [0.4, 0.5) is 17.6 Å². The van der Waals surface area contributed by atoms with E-state index in [0.29, 0.717) is 21.1 Å². The Hall–Kier alpha value is -2.00. The van der Waals surface area contributed by atoms with E-state index in [2.05, 4.69) is 4.98 Å². The molecule has 0 saturated carbocycles. The van der Waals surface area contributed by atoms with Gasteiger partial charge < -0.3 is 4.90 Å². The molecule has 1 aromatic heterocycles. The number of carbonyl (C=O) groups is 1. The Morgan fingerprint density at radius 3 is 2.46 bits per heavy atom. The van der Waals surface area contributed by atoms with Crippen LogP contribution < -0.4 is 0 Å². The van der Waals surface area contributed by atoms with E-state index in [-0.39, 0.29) is 32.1 Å². The number of nitrogens with zero attached hydrogens (tertiary/aromatic N) is 3. The molecule has 1 amide bonds. The smallest absolute Gasteiger partial charge is 0.335 e. The number of hydrogen-bond acceptors (Lipinski definition) is 4. The number of alkyl halides is 3. The van der Waals surface area contributed by atoms with Gasteiger partial charge in [0.05, 0.1) is 12.2 Å². The van der Waals surface area contributed by atoms with Crippen LogP contribution in [-0.4, -0.2) is 59.6 Å². The van der Waals surface area contributed by atoms with E-state index >= 15 is 0 Å². The van der Waals surface area contributed by atoms with Crippen LogP contribution in [0.3, 0.4) is 0 Å². The molecule has 2 aromatic rings. The van der Waals surface area contributed by atoms with Crippen LogP contribution in [0, 0.1) is 12.7 Å². The summed E-state index contributed by atoms with van der Waals surface area (Å²) < 4.78 is 51.3. The predicted molar refractivity (Wildman–Crippen MR) is 90.6 cm³/mol. The highest BCUT2D eigenvalue weighted by Gasteiger charge is 2.33. The molecule has 3 rings (SSSR count). The van der Waals surface area contributed by atoms with Gasteiger partial charge in [-0.15, -0.1) is 11.3 Å². The summed E-state index contributed by atoms with van der Waals surface area (Å²) in [5.41, 5.74) is 0.825. The summed E-state index contributed by atoms with van der Waals surface area (Å²) >= 11 is 1.10. The Morgan fingerprint density at radius 1 is 1.19 bits per heavy atom. The molecule has 9 heteroatoms. The van der Waals surface area contributed by atoms with E-state index in [1.54, 1.807) is 25.1 Å². The van der Waals surface area contributed by atoms with Crippen molar-refractivity contribution in [3.63, 3.8) is 0 Å². The first-order valence-electron chi connectivity index (χ1n) is 8.05. The molecule has 0 N–H and O–H groups in total. The maximum absolute atomic E-state index is 13.9. The maximum Gasteiger partial charge on any atom is 0.401 e. The lowest BCUT2D eigenvalue weighted by Gasteiger charge is -2.34. The summed E-state index contributed by atoms with van der Waals surface area (Å²) in [6.45, 7) is 1.50. The number of aryl methyl sites for hydroxylation is 1. The summed E-state index contributed by atoms with van der Waals surface area (Å²) in [4.78, 5) is 20.2. The van der Waals surface area contributed by atoms with Gasteiger partial charge in [-0.1, -0.05) is 12.1 Å². The minimum atomic E-state index is -4.24. The highest BCUT2D eigenvalue weighted by atomic mass is 32.1. The Kier molecular flexibility index (Phi) is 5.29. The van der Waals surface area contributed by atoms with E-state index < -0.39 is 18.5 Å². The SMILES string of the molecule is Cc1nc(-c2ccccc2F)sc1C(=O)N1CCN(CC(F)(F)F)CC1. The first kappa shape index (κ1) is 18.8. The fraction of sp³-hybridized carbons (Fsp3) is 0.412. The van der Waals surface area contributed by atoms with Crippen LogP contribution in [0.15, 0.2) is 24.3 Å². The van der Waals surface area contributed by atoms with Crippen LogP contribution >= 0.6 is 11.3 Å². The molecule has 1 aromatic carbocycles. The molecule has 4 nitrogen and oxygen atoms in total. The highest BCUT2D eigenvalue weighted by Crippen LogP contribution is 2.30. The van der Waals surface area contributed by atoms with Crippen LogP contribution in [-0.2, 0) is 0 Å². The molecule has 2 heterocycles. The zero-order chi connectivity index (χ0) is 18.9. The van der Waals surface area contributed by atoms with Gasteiger partial charge in [0.15, 0.2) is 0 Å². The third-order valence-corrected chi connectivity index (χ3v) is 5.34. The minimum Gasteiger partial charge on any atom is -0.335 e. The van der Waals surface area contributed by atoms with Crippen molar-refractivity contribution in [2.45, 2.75) is 13.1 Å². The van der Waals surface area contributed by atoms with E-state index in [0.717, 1.165) is 11.3 Å². The molecule has 0 spiro atoms. The van der Waals surface area contributed by atoms with Crippen molar-refractivity contribution in [2.75, 3.05) is 32.7 Å². The lowest BCUT2D eigenvalue weighted by atomic mass is 10.2. The van der Waals surface area contributed by atoms with Crippen LogP contribution in [0.25, 0.3) is 10.6 Å². The van der Waals surface area contributed by atoms with Gasteiger partial charge in [0, 0.05) is 31.7 Å². The van der Waals surface area contributed by atoms with Gasteiger partial charge in [-0.3, -0.25) is 9.69 Å². The van der Waals surface area contributed by atoms with E-state index in [1.165, 1.54) is 15.9 Å². The molecule has 0 unspecified atom stereocenters. The molecule has 0 radical (unpaired) electrons. The van der Waals surface area contributed by atoms with Crippen molar-refractivity contribution in [3.8, 4) is 10.6 Å². The first-order valence-corrected chi connectivity index (χ1v) is 8.87. The molecule has 140 valence electrons. The monoisotopic (exact) mass is 387 g/mol. The van der Waals surface area contributed by atoms with Gasteiger partial charge in [-0.25, -0.2) is 9.37 Å². The van der Waals surface area contributed by atoms with Crippen molar-refractivity contribution in [3.05, 3.63) is 40.7 Å². The van der Waals surface area contributed by atoms with Gasteiger partial charge in [-0.05, 0) is 19.1 Å². The van der Waals surface area contributed by atoms with Gasteiger partial charge in [0.1, 0.15) is 15.7 Å². The van der Waals surface area contributed by atoms with Crippen molar-refractivity contribution in [1.29, 1.82) is 0 Å². The van der Waals surface area contributed by atoms with Crippen LogP contribution in [0.5, 0.6) is 0 Å². The Labute approximate surface area is 152 Å². The van der Waals surface area contributed by atoms with Crippen molar-refractivity contribution >= 4 is 17.2 Å². The van der Waals surface area contributed by atoms with E-state index in [9.17, 15) is 22.4 Å². The van der Waals surface area contributed by atoms with Crippen molar-refractivity contribution in [1.82, 2.24) is 14.8 Å². The van der Waals surface area contributed by atoms with E-state index in [4.69, 9.17) is 0 Å². The Morgan fingerprint density at radius 2 is 1.85 bits per heavy atom. The maximum atomic E-state index is 13.9. The third-order valence-electron chi connectivity index (χ3n) is 4.16. The summed E-state index contributed by atoms with van der Waals surface area (Å²) in [5.74, 6) is -0.685. The molecule has 0 atom stereocenters. The Bertz CT molecular complexity index is 798. The number of aromatic nitrogens is 1. The number of rotatable bonds is 3. The second-order valence-corrected chi connectivity index (χ2v) is 7.10.